The van der Waals surface area contributed by atoms with Crippen LogP contribution in [0, 0.1) is 12.7 Å². The van der Waals surface area contributed by atoms with Crippen LogP contribution in [0.4, 0.5) is 4.39 Å². The molecule has 1 aromatic carbocycles. The van der Waals surface area contributed by atoms with E-state index in [-0.39, 0.29) is 5.82 Å². The zero-order chi connectivity index (χ0) is 10.1. The average Bonchev–Trinajstić information content (AvgIpc) is 2.45. The third-order valence-corrected chi connectivity index (χ3v) is 2.26. The summed E-state index contributed by atoms with van der Waals surface area (Å²) in [4.78, 5) is 0. The second-order valence-corrected chi connectivity index (χ2v) is 3.52. The van der Waals surface area contributed by atoms with E-state index in [1.165, 1.54) is 11.6 Å². The molecular formula is C12H12FN. The second-order valence-electron chi connectivity index (χ2n) is 3.52. The van der Waals surface area contributed by atoms with Gasteiger partial charge in [-0.25, -0.2) is 4.39 Å². The van der Waals surface area contributed by atoms with Crippen molar-refractivity contribution < 1.29 is 4.39 Å². The zero-order valence-electron chi connectivity index (χ0n) is 8.29. The normalized spacial score (nSPS) is 10.5. The van der Waals surface area contributed by atoms with E-state index in [4.69, 9.17) is 0 Å². The first-order valence-electron chi connectivity index (χ1n) is 4.56. The number of nitrogens with zero attached hydrogens (tertiary/aromatic N) is 1. The van der Waals surface area contributed by atoms with Crippen molar-refractivity contribution in [3.05, 3.63) is 47.9 Å². The van der Waals surface area contributed by atoms with E-state index in [2.05, 4.69) is 6.07 Å². The van der Waals surface area contributed by atoms with Gasteiger partial charge in [-0.15, -0.1) is 0 Å². The van der Waals surface area contributed by atoms with Gasteiger partial charge in [0.25, 0.3) is 0 Å². The van der Waals surface area contributed by atoms with Crippen LogP contribution in [0.2, 0.25) is 0 Å². The van der Waals surface area contributed by atoms with Crippen molar-refractivity contribution in [3.8, 4) is 11.3 Å². The molecule has 0 unspecified atom stereocenters. The lowest BCUT2D eigenvalue weighted by atomic mass is 10.1. The number of aryl methyl sites for hydroxylation is 2. The first kappa shape index (κ1) is 9.00. The van der Waals surface area contributed by atoms with Crippen LogP contribution < -0.4 is 0 Å². The largest absolute Gasteiger partial charge is 0.350 e. The van der Waals surface area contributed by atoms with Gasteiger partial charge in [-0.2, -0.15) is 0 Å². The van der Waals surface area contributed by atoms with Crippen LogP contribution >= 0.6 is 0 Å². The standard InChI is InChI=1S/C12H12FN/c1-9-6-12(14(2)8-9)10-4-3-5-11(13)7-10/h3-8H,1-2H3. The molecule has 1 aromatic heterocycles. The molecule has 2 heteroatoms. The Balaban J connectivity index is 2.54. The van der Waals surface area contributed by atoms with E-state index >= 15 is 0 Å². The summed E-state index contributed by atoms with van der Waals surface area (Å²) >= 11 is 0. The Kier molecular flexibility index (Phi) is 2.12. The molecule has 1 heterocycles. The summed E-state index contributed by atoms with van der Waals surface area (Å²) in [6.45, 7) is 2.03. The molecule has 0 amide bonds. The number of benzene rings is 1. The Labute approximate surface area is 82.8 Å². The van der Waals surface area contributed by atoms with E-state index < -0.39 is 0 Å². The van der Waals surface area contributed by atoms with Gasteiger partial charge < -0.3 is 4.57 Å². The van der Waals surface area contributed by atoms with Gasteiger partial charge in [0.05, 0.1) is 0 Å². The minimum atomic E-state index is -0.193. The van der Waals surface area contributed by atoms with Gasteiger partial charge in [0, 0.05) is 24.5 Å². The van der Waals surface area contributed by atoms with Crippen LogP contribution in [0.25, 0.3) is 11.3 Å². The Bertz CT molecular complexity index is 457. The molecule has 0 aliphatic carbocycles. The highest BCUT2D eigenvalue weighted by atomic mass is 19.1. The SMILES string of the molecule is Cc1cc(-c2cccc(F)c2)n(C)c1. The van der Waals surface area contributed by atoms with Crippen LogP contribution in [-0.4, -0.2) is 4.57 Å². The lowest BCUT2D eigenvalue weighted by Gasteiger charge is -2.02. The second kappa shape index (κ2) is 3.29. The average molecular weight is 189 g/mol. The van der Waals surface area contributed by atoms with Gasteiger partial charge in [0.2, 0.25) is 0 Å². The molecule has 2 rings (SSSR count). The van der Waals surface area contributed by atoms with Crippen molar-refractivity contribution in [2.75, 3.05) is 0 Å². The van der Waals surface area contributed by atoms with Gasteiger partial charge in [-0.3, -0.25) is 0 Å². The maximum atomic E-state index is 13.0. The summed E-state index contributed by atoms with van der Waals surface area (Å²) in [5.41, 5.74) is 3.15. The van der Waals surface area contributed by atoms with Crippen molar-refractivity contribution in [2.45, 2.75) is 6.92 Å². The maximum Gasteiger partial charge on any atom is 0.123 e. The van der Waals surface area contributed by atoms with E-state index in [0.717, 1.165) is 11.3 Å². The molecular weight excluding hydrogens is 177 g/mol. The van der Waals surface area contributed by atoms with Gasteiger partial charge in [0.1, 0.15) is 5.82 Å². The Hall–Kier alpha value is -1.57. The summed E-state index contributed by atoms with van der Waals surface area (Å²) in [5, 5.41) is 0. The van der Waals surface area contributed by atoms with Crippen molar-refractivity contribution in [1.29, 1.82) is 0 Å². The summed E-state index contributed by atoms with van der Waals surface area (Å²) in [6, 6.07) is 8.70. The van der Waals surface area contributed by atoms with Crippen molar-refractivity contribution in [1.82, 2.24) is 4.57 Å². The summed E-state index contributed by atoms with van der Waals surface area (Å²) in [5.74, 6) is -0.193. The molecule has 0 saturated carbocycles. The number of aromatic nitrogens is 1. The van der Waals surface area contributed by atoms with Crippen LogP contribution in [0.3, 0.4) is 0 Å². The van der Waals surface area contributed by atoms with E-state index in [9.17, 15) is 4.39 Å². The molecule has 0 aliphatic heterocycles. The Morgan fingerprint density at radius 1 is 1.21 bits per heavy atom. The monoisotopic (exact) mass is 189 g/mol. The first-order chi connectivity index (χ1) is 6.66. The highest BCUT2D eigenvalue weighted by Crippen LogP contribution is 2.21. The fourth-order valence-electron chi connectivity index (χ4n) is 1.66. The predicted molar refractivity (Wildman–Crippen MR) is 55.5 cm³/mol. The molecule has 0 radical (unpaired) electrons. The van der Waals surface area contributed by atoms with Crippen molar-refractivity contribution in [3.63, 3.8) is 0 Å². The van der Waals surface area contributed by atoms with E-state index in [1.807, 2.05) is 30.8 Å². The van der Waals surface area contributed by atoms with E-state index in [0.29, 0.717) is 0 Å². The summed E-state index contributed by atoms with van der Waals surface area (Å²) in [7, 11) is 1.97. The number of hydrogen-bond donors (Lipinski definition) is 0. The lowest BCUT2D eigenvalue weighted by molar-refractivity contribution is 0.628. The highest BCUT2D eigenvalue weighted by molar-refractivity contribution is 5.61. The smallest absolute Gasteiger partial charge is 0.123 e. The molecule has 0 N–H and O–H groups in total. The van der Waals surface area contributed by atoms with Crippen LogP contribution in [0.5, 0.6) is 0 Å². The Morgan fingerprint density at radius 3 is 2.57 bits per heavy atom. The minimum Gasteiger partial charge on any atom is -0.350 e. The topological polar surface area (TPSA) is 4.93 Å². The van der Waals surface area contributed by atoms with Gasteiger partial charge >= 0.3 is 0 Å². The summed E-state index contributed by atoms with van der Waals surface area (Å²) in [6.07, 6.45) is 2.03. The molecule has 0 atom stereocenters. The number of halogens is 1. The van der Waals surface area contributed by atoms with Crippen LogP contribution in [-0.2, 0) is 7.05 Å². The summed E-state index contributed by atoms with van der Waals surface area (Å²) < 4.78 is 15.0. The quantitative estimate of drug-likeness (QED) is 0.649. The molecule has 0 aliphatic rings. The minimum absolute atomic E-state index is 0.193. The molecule has 0 bridgehead atoms. The lowest BCUT2D eigenvalue weighted by Crippen LogP contribution is -1.89. The molecule has 14 heavy (non-hydrogen) atoms. The first-order valence-corrected chi connectivity index (χ1v) is 4.56. The molecule has 0 fully saturated rings. The molecule has 72 valence electrons. The Morgan fingerprint density at radius 2 is 2.00 bits per heavy atom. The van der Waals surface area contributed by atoms with Crippen LogP contribution in [0.1, 0.15) is 5.56 Å². The molecule has 0 spiro atoms. The van der Waals surface area contributed by atoms with Gasteiger partial charge in [-0.1, -0.05) is 12.1 Å². The number of rotatable bonds is 1. The highest BCUT2D eigenvalue weighted by Gasteiger charge is 2.03. The van der Waals surface area contributed by atoms with Crippen molar-refractivity contribution >= 4 is 0 Å². The third kappa shape index (κ3) is 1.55. The fourth-order valence-corrected chi connectivity index (χ4v) is 1.66. The van der Waals surface area contributed by atoms with Crippen molar-refractivity contribution in [2.24, 2.45) is 7.05 Å². The molecule has 1 nitrogen and oxygen atoms in total. The zero-order valence-corrected chi connectivity index (χ0v) is 8.29. The van der Waals surface area contributed by atoms with E-state index in [1.54, 1.807) is 12.1 Å². The molecule has 2 aromatic rings. The van der Waals surface area contributed by atoms with Gasteiger partial charge in [0.15, 0.2) is 0 Å². The number of hydrogen-bond acceptors (Lipinski definition) is 0. The third-order valence-electron chi connectivity index (χ3n) is 2.26. The molecule has 0 saturated heterocycles. The predicted octanol–water partition coefficient (Wildman–Crippen LogP) is 3.14. The van der Waals surface area contributed by atoms with Gasteiger partial charge in [-0.05, 0) is 30.7 Å². The maximum absolute atomic E-state index is 13.0. The van der Waals surface area contributed by atoms with Crippen LogP contribution in [0.15, 0.2) is 36.5 Å². The fraction of sp³-hybridized carbons (Fsp3) is 0.167.